The molecule has 3 aromatic rings. The molecule has 0 saturated carbocycles. The fourth-order valence-corrected chi connectivity index (χ4v) is 4.17. The molecule has 0 radical (unpaired) electrons. The lowest BCUT2D eigenvalue weighted by Crippen LogP contribution is -2.48. The van der Waals surface area contributed by atoms with E-state index in [2.05, 4.69) is 47.1 Å². The molecule has 4 rings (SSSR count). The van der Waals surface area contributed by atoms with Gasteiger partial charge in [0.1, 0.15) is 5.01 Å². The maximum Gasteiger partial charge on any atom is 0.246 e. The van der Waals surface area contributed by atoms with Gasteiger partial charge >= 0.3 is 0 Å². The van der Waals surface area contributed by atoms with Crippen LogP contribution in [0.3, 0.4) is 0 Å². The second-order valence-electron chi connectivity index (χ2n) is 6.45. The van der Waals surface area contributed by atoms with Gasteiger partial charge in [0.2, 0.25) is 5.91 Å². The number of carbonyl (C=O) groups is 1. The van der Waals surface area contributed by atoms with Gasteiger partial charge < -0.3 is 9.80 Å². The van der Waals surface area contributed by atoms with E-state index in [0.717, 1.165) is 41.4 Å². The number of aromatic nitrogens is 1. The van der Waals surface area contributed by atoms with Gasteiger partial charge in [0.15, 0.2) is 0 Å². The molecule has 1 amide bonds. The first-order valence-corrected chi connectivity index (χ1v) is 9.65. The topological polar surface area (TPSA) is 36.4 Å². The van der Waals surface area contributed by atoms with Crippen LogP contribution in [0.15, 0.2) is 54.6 Å². The Morgan fingerprint density at radius 1 is 1.04 bits per heavy atom. The molecule has 0 atom stereocenters. The number of amides is 1. The van der Waals surface area contributed by atoms with Crippen LogP contribution < -0.4 is 4.90 Å². The fourth-order valence-electron chi connectivity index (χ4n) is 3.30. The molecule has 0 spiro atoms. The molecule has 2 aromatic carbocycles. The minimum atomic E-state index is 0.0636. The third-order valence-corrected chi connectivity index (χ3v) is 5.73. The SMILES string of the molecule is Cc1ccccc1N1CCN(C(=O)/C=C/c2nc3ccccc3s2)CC1. The van der Waals surface area contributed by atoms with Gasteiger partial charge in [-0.05, 0) is 36.8 Å². The Labute approximate surface area is 157 Å². The summed E-state index contributed by atoms with van der Waals surface area (Å²) < 4.78 is 1.14. The summed E-state index contributed by atoms with van der Waals surface area (Å²) in [5.41, 5.74) is 3.53. The number of hydrogen-bond acceptors (Lipinski definition) is 4. The van der Waals surface area contributed by atoms with Gasteiger partial charge in [-0.15, -0.1) is 11.3 Å². The number of anilines is 1. The van der Waals surface area contributed by atoms with Crippen LogP contribution in [-0.2, 0) is 4.79 Å². The lowest BCUT2D eigenvalue weighted by Gasteiger charge is -2.36. The van der Waals surface area contributed by atoms with Crippen molar-refractivity contribution < 1.29 is 4.79 Å². The van der Waals surface area contributed by atoms with E-state index >= 15 is 0 Å². The van der Waals surface area contributed by atoms with Crippen molar-refractivity contribution in [2.24, 2.45) is 0 Å². The summed E-state index contributed by atoms with van der Waals surface area (Å²) in [4.78, 5) is 21.3. The number of piperazine rings is 1. The second kappa shape index (κ2) is 7.30. The lowest BCUT2D eigenvalue weighted by atomic mass is 10.1. The van der Waals surface area contributed by atoms with E-state index in [0.29, 0.717) is 0 Å². The van der Waals surface area contributed by atoms with E-state index in [1.807, 2.05) is 29.2 Å². The Hall–Kier alpha value is -2.66. The molecular formula is C21H21N3OS. The first kappa shape index (κ1) is 16.8. The first-order chi connectivity index (χ1) is 12.7. The van der Waals surface area contributed by atoms with Crippen molar-refractivity contribution in [2.45, 2.75) is 6.92 Å². The Morgan fingerprint density at radius 2 is 1.77 bits per heavy atom. The van der Waals surface area contributed by atoms with E-state index in [4.69, 9.17) is 0 Å². The maximum absolute atomic E-state index is 12.5. The quantitative estimate of drug-likeness (QED) is 0.661. The van der Waals surface area contributed by atoms with Gasteiger partial charge in [-0.25, -0.2) is 4.98 Å². The number of thiazole rings is 1. The van der Waals surface area contributed by atoms with Crippen molar-refractivity contribution in [3.05, 3.63) is 65.2 Å². The first-order valence-electron chi connectivity index (χ1n) is 8.84. The molecule has 2 heterocycles. The Morgan fingerprint density at radius 3 is 2.54 bits per heavy atom. The molecule has 1 saturated heterocycles. The molecule has 1 fully saturated rings. The van der Waals surface area contributed by atoms with Crippen molar-refractivity contribution in [1.82, 2.24) is 9.88 Å². The van der Waals surface area contributed by atoms with E-state index in [1.54, 1.807) is 17.4 Å². The van der Waals surface area contributed by atoms with Crippen LogP contribution in [0.25, 0.3) is 16.3 Å². The normalized spacial score (nSPS) is 15.1. The number of hydrogen-bond donors (Lipinski definition) is 0. The zero-order chi connectivity index (χ0) is 17.9. The Balaban J connectivity index is 1.38. The van der Waals surface area contributed by atoms with Gasteiger partial charge in [-0.2, -0.15) is 0 Å². The minimum absolute atomic E-state index is 0.0636. The number of nitrogens with zero attached hydrogens (tertiary/aromatic N) is 3. The number of para-hydroxylation sites is 2. The molecule has 1 aliphatic heterocycles. The van der Waals surface area contributed by atoms with Gasteiger partial charge in [0.25, 0.3) is 0 Å². The van der Waals surface area contributed by atoms with Crippen molar-refractivity contribution >= 4 is 39.2 Å². The van der Waals surface area contributed by atoms with Crippen molar-refractivity contribution in [3.63, 3.8) is 0 Å². The number of benzene rings is 2. The summed E-state index contributed by atoms with van der Waals surface area (Å²) in [5.74, 6) is 0.0636. The summed E-state index contributed by atoms with van der Waals surface area (Å²) >= 11 is 1.61. The minimum Gasteiger partial charge on any atom is -0.368 e. The van der Waals surface area contributed by atoms with Gasteiger partial charge in [-0.1, -0.05) is 30.3 Å². The number of fused-ring (bicyclic) bond motifs is 1. The fraction of sp³-hybridized carbons (Fsp3) is 0.238. The van der Waals surface area contributed by atoms with E-state index in [-0.39, 0.29) is 5.91 Å². The summed E-state index contributed by atoms with van der Waals surface area (Å²) in [6.07, 6.45) is 3.49. The van der Waals surface area contributed by atoms with Gasteiger partial charge in [0, 0.05) is 37.9 Å². The summed E-state index contributed by atoms with van der Waals surface area (Å²) in [6, 6.07) is 16.5. The van der Waals surface area contributed by atoms with Crippen LogP contribution >= 0.6 is 11.3 Å². The van der Waals surface area contributed by atoms with Crippen LogP contribution in [-0.4, -0.2) is 42.0 Å². The molecule has 5 heteroatoms. The van der Waals surface area contributed by atoms with Gasteiger partial charge in [-0.3, -0.25) is 4.79 Å². The monoisotopic (exact) mass is 363 g/mol. The van der Waals surface area contributed by atoms with Crippen molar-refractivity contribution in [1.29, 1.82) is 0 Å². The smallest absolute Gasteiger partial charge is 0.246 e. The van der Waals surface area contributed by atoms with E-state index < -0.39 is 0 Å². The average molecular weight is 363 g/mol. The molecule has 1 aromatic heterocycles. The highest BCUT2D eigenvalue weighted by Crippen LogP contribution is 2.23. The molecular weight excluding hydrogens is 342 g/mol. The molecule has 26 heavy (non-hydrogen) atoms. The maximum atomic E-state index is 12.5. The highest BCUT2D eigenvalue weighted by atomic mass is 32.1. The molecule has 0 N–H and O–H groups in total. The number of aryl methyl sites for hydroxylation is 1. The average Bonchev–Trinajstić information content (AvgIpc) is 3.10. The zero-order valence-electron chi connectivity index (χ0n) is 14.8. The van der Waals surface area contributed by atoms with E-state index in [9.17, 15) is 4.79 Å². The highest BCUT2D eigenvalue weighted by Gasteiger charge is 2.20. The van der Waals surface area contributed by atoms with Crippen molar-refractivity contribution in [3.8, 4) is 0 Å². The molecule has 0 unspecified atom stereocenters. The molecule has 132 valence electrons. The molecule has 0 bridgehead atoms. The third kappa shape index (κ3) is 3.48. The molecule has 4 nitrogen and oxygen atoms in total. The summed E-state index contributed by atoms with van der Waals surface area (Å²) in [7, 11) is 0. The largest absolute Gasteiger partial charge is 0.368 e. The lowest BCUT2D eigenvalue weighted by molar-refractivity contribution is -0.126. The predicted molar refractivity (Wildman–Crippen MR) is 109 cm³/mol. The number of rotatable bonds is 3. The second-order valence-corrected chi connectivity index (χ2v) is 7.51. The number of carbonyl (C=O) groups excluding carboxylic acids is 1. The summed E-state index contributed by atoms with van der Waals surface area (Å²) in [5, 5.41) is 0.873. The van der Waals surface area contributed by atoms with Gasteiger partial charge in [0.05, 0.1) is 10.2 Å². The van der Waals surface area contributed by atoms with Crippen LogP contribution in [0.2, 0.25) is 0 Å². The third-order valence-electron chi connectivity index (χ3n) is 4.73. The van der Waals surface area contributed by atoms with E-state index in [1.165, 1.54) is 11.3 Å². The highest BCUT2D eigenvalue weighted by molar-refractivity contribution is 7.19. The Kier molecular flexibility index (Phi) is 4.71. The summed E-state index contributed by atoms with van der Waals surface area (Å²) in [6.45, 7) is 5.36. The van der Waals surface area contributed by atoms with Crippen LogP contribution in [0.4, 0.5) is 5.69 Å². The molecule has 0 aliphatic carbocycles. The van der Waals surface area contributed by atoms with Crippen LogP contribution in [0.5, 0.6) is 0 Å². The predicted octanol–water partition coefficient (Wildman–Crippen LogP) is 3.97. The van der Waals surface area contributed by atoms with Crippen LogP contribution in [0.1, 0.15) is 10.6 Å². The Bertz CT molecular complexity index is 922. The zero-order valence-corrected chi connectivity index (χ0v) is 15.6. The van der Waals surface area contributed by atoms with Crippen LogP contribution in [0, 0.1) is 6.92 Å². The standard InChI is InChI=1S/C21H21N3OS/c1-16-6-2-4-8-18(16)23-12-14-24(15-13-23)21(25)11-10-20-22-17-7-3-5-9-19(17)26-20/h2-11H,12-15H2,1H3/b11-10+. The van der Waals surface area contributed by atoms with Crippen molar-refractivity contribution in [2.75, 3.05) is 31.1 Å². The molecule has 1 aliphatic rings.